The summed E-state index contributed by atoms with van der Waals surface area (Å²) < 4.78 is 92.8. The van der Waals surface area contributed by atoms with Crippen LogP contribution in [0.1, 0.15) is 153 Å². The number of allylic oxidation sites excluding steroid dienone is 2. The smallest absolute Gasteiger partial charge is 0.337 e. The number of carbonyl (C=O) groups excluding carboxylic acids is 3. The van der Waals surface area contributed by atoms with Crippen molar-refractivity contribution in [1.82, 2.24) is 10.3 Å². The van der Waals surface area contributed by atoms with E-state index in [2.05, 4.69) is 10.5 Å². The third-order valence-corrected chi connectivity index (χ3v) is 29.7. The molecule has 28 N–H and O–H groups in total. The second-order valence-corrected chi connectivity index (χ2v) is 39.4. The maximum absolute atomic E-state index is 16.3. The van der Waals surface area contributed by atoms with Gasteiger partial charge in [0.2, 0.25) is 36.2 Å². The first-order chi connectivity index (χ1) is 64.6. The average Bonchev–Trinajstić information content (AvgIpc) is 0.665. The highest BCUT2D eigenvalue weighted by Gasteiger charge is 2.74. The molecule has 33 unspecified atom stereocenters. The van der Waals surface area contributed by atoms with Gasteiger partial charge in [-0.25, -0.2) is 15.0 Å². The monoisotopic (exact) mass is 1990 g/mol. The molecule has 6 saturated heterocycles. The fourth-order valence-corrected chi connectivity index (χ4v) is 22.1. The predicted octanol–water partition coefficient (Wildman–Crippen LogP) is -4.05. The summed E-state index contributed by atoms with van der Waals surface area (Å²) in [5.41, 5.74) is -3.71. The molecule has 0 radical (unpaired) electrons. The summed E-state index contributed by atoms with van der Waals surface area (Å²) in [5.74, 6) is -19.9. The first kappa shape index (κ1) is 112. The molecule has 0 bridgehead atoms. The van der Waals surface area contributed by atoms with Crippen molar-refractivity contribution in [2.75, 3.05) is 59.3 Å². The van der Waals surface area contributed by atoms with Gasteiger partial charge in [-0.15, -0.1) is 0 Å². The fourth-order valence-electron chi connectivity index (χ4n) is 22.1. The molecule has 10 fully saturated rings. The minimum atomic E-state index is -2.99. The number of carbonyl (C=O) groups is 4. The lowest BCUT2D eigenvalue weighted by Crippen LogP contribution is -2.69. The Morgan fingerprint density at radius 3 is 1.91 bits per heavy atom. The van der Waals surface area contributed by atoms with Gasteiger partial charge in [0.15, 0.2) is 65.6 Å². The van der Waals surface area contributed by atoms with Crippen LogP contribution in [-0.4, -0.2) is 429 Å². The zero-order valence-corrected chi connectivity index (χ0v) is 78.3. The fraction of sp³-hybridized carbons (Fsp3) is 0.830. The van der Waals surface area contributed by atoms with Crippen molar-refractivity contribution in [2.45, 2.75) is 350 Å². The molecule has 6 aliphatic heterocycles. The molecule has 11 rings (SSSR count). The molecule has 40 atom stereocenters. The standard InChI is InChI=1S/C88H139N3O47/c1-12-44(129-74(118)61(111)65(45(13-2)127-37(5)95)131-72(116)56(106)50(100)35(3)94)53(103)68(136-77-59(109)55(105)63(36(4)126-77)133-76-62(112)64(42(97)31-125-76)134-78-58(108)54(104)52(102)46(29-93)130-78)75(119)137-80(120)87-20-19-82(6,7)27-40(87)39-14-15-47-84(9)18-16-38(26-48(84)83(8,32-86(47,11)85(39,10)28-49(87)99)33-89-90-81(121)91-21-24-123-25-22-91)128-79-69(132-73(117)57(107)51(101)41(96)17-23-92)66(60(110)67(135-79)71(114)115)138-88(122)34-124-30-43(98)70(88)113/h14,33,35-36,38,40-49,52,54-55,58-60,62-64,66-67,69-70,72-79,92-94,96-113,116-119,122H,12-13,15-32,34H2,1-11H3,(H,90,121)(H,114,115)/b56-50-,57-51+,65-61-,68-53+,89-33+/t35?,36?,38-,40?,41?,42?,43?,44?,45?,46?,47?,48?,49+,52?,54?,55?,58?,59?,60?,62?,63?,64?,66?,67?,69?,70?,72?,73?,74?,75?,76?,77?,78?,79?,83+,84+,85+,86+,87+,88?/m0/s1. The van der Waals surface area contributed by atoms with Gasteiger partial charge in [-0.1, -0.05) is 67.0 Å². The maximum atomic E-state index is 16.3. The molecular formula is C88H139N3O47. The lowest BCUT2D eigenvalue weighted by molar-refractivity contribution is -0.392. The average molecular weight is 1990 g/mol. The van der Waals surface area contributed by atoms with Crippen molar-refractivity contribution in [2.24, 2.45) is 55.3 Å². The Hall–Kier alpha value is -6.83. The lowest BCUT2D eigenvalue weighted by Gasteiger charge is -2.72. The van der Waals surface area contributed by atoms with Gasteiger partial charge < -0.3 is 219 Å². The van der Waals surface area contributed by atoms with Gasteiger partial charge in [0, 0.05) is 44.7 Å². The molecule has 5 aliphatic carbocycles. The first-order valence-corrected chi connectivity index (χ1v) is 46.1. The minimum Gasteiger partial charge on any atom is -0.506 e. The Bertz CT molecular complexity index is 4360. The summed E-state index contributed by atoms with van der Waals surface area (Å²) in [5, 5.41) is 308. The number of aliphatic carboxylic acids is 1. The van der Waals surface area contributed by atoms with E-state index in [1.807, 2.05) is 47.6 Å². The first-order valence-electron chi connectivity index (χ1n) is 46.1. The number of amides is 2. The van der Waals surface area contributed by atoms with Gasteiger partial charge in [-0.3, -0.25) is 9.59 Å². The van der Waals surface area contributed by atoms with Crippen LogP contribution in [0.5, 0.6) is 0 Å². The van der Waals surface area contributed by atoms with Crippen LogP contribution in [0.25, 0.3) is 0 Å². The topological polar surface area (TPSA) is 790 Å². The zero-order chi connectivity index (χ0) is 102. The van der Waals surface area contributed by atoms with Crippen molar-refractivity contribution in [3.63, 3.8) is 0 Å². The molecule has 0 aromatic rings. The van der Waals surface area contributed by atoms with E-state index in [9.17, 15) is 152 Å². The Morgan fingerprint density at radius 1 is 0.623 bits per heavy atom. The largest absolute Gasteiger partial charge is 0.506 e. The Kier molecular flexibility index (Phi) is 36.2. The number of hydrogen-bond donors (Lipinski definition) is 28. The maximum Gasteiger partial charge on any atom is 0.337 e. The summed E-state index contributed by atoms with van der Waals surface area (Å²) in [6, 6.07) is -0.585. The van der Waals surface area contributed by atoms with Crippen LogP contribution in [0.15, 0.2) is 62.8 Å². The molecule has 2 amide bonds. The van der Waals surface area contributed by atoms with Crippen molar-refractivity contribution in [3.8, 4) is 0 Å². The number of rotatable bonds is 35. The Morgan fingerprint density at radius 2 is 1.28 bits per heavy atom. The highest BCUT2D eigenvalue weighted by molar-refractivity contribution is 5.80. The lowest BCUT2D eigenvalue weighted by atomic mass is 9.31. The summed E-state index contributed by atoms with van der Waals surface area (Å²) in [6.45, 7) is 14.7. The van der Waals surface area contributed by atoms with Gasteiger partial charge in [0.25, 0.3) is 12.6 Å². The Labute approximate surface area is 792 Å². The number of esters is 2. The zero-order valence-electron chi connectivity index (χ0n) is 78.3. The van der Waals surface area contributed by atoms with Crippen LogP contribution < -0.4 is 5.43 Å². The van der Waals surface area contributed by atoms with Crippen LogP contribution in [0, 0.1) is 50.2 Å². The third-order valence-electron chi connectivity index (χ3n) is 29.7. The van der Waals surface area contributed by atoms with E-state index >= 15 is 4.79 Å². The van der Waals surface area contributed by atoms with E-state index in [0.29, 0.717) is 5.57 Å². The van der Waals surface area contributed by atoms with Gasteiger partial charge in [0.05, 0.1) is 51.3 Å². The SMILES string of the molecule is CCC(OC(C)=O)/C(OC(O)/C(O)=C(/O)C(C)O)=C(/O)C(O)OC(CC)/C(O)=C(\OC1OC(C)C(OC2OCC(O)C(OC3OC(CO)C(O)C(O)C3O)C2O)C(O)C1O)C(O)OC(=O)[C@]12CCC(C)(C)CC1C1=CCC3[C@@]4(C)CC[C@H](OC5OC(C(=O)O)C(O)C(OC6(O)COCC(O)C6O)C5OC(O)/C(O)=C(\O)C(O)CCO)CC4[C@@](C)(/C=N/NC(=O)N4CCOCC4)C[C@@]3(C)[C@]1(C)C[C@H]2O. The van der Waals surface area contributed by atoms with E-state index in [0.717, 1.165) is 13.8 Å². The number of nitrogens with zero attached hydrogens (tertiary/aromatic N) is 2. The molecule has 6 heterocycles. The molecule has 788 valence electrons. The van der Waals surface area contributed by atoms with E-state index < -0.39 is 363 Å². The number of ether oxygens (including phenoxy) is 16. The number of aliphatic hydroxyl groups excluding tert-OH is 25. The number of hydrogen-bond acceptors (Lipinski definition) is 47. The number of carboxylic acid groups (broad SMARTS) is 1. The molecule has 138 heavy (non-hydrogen) atoms. The van der Waals surface area contributed by atoms with Crippen molar-refractivity contribution < 1.29 is 233 Å². The summed E-state index contributed by atoms with van der Waals surface area (Å²) in [6.07, 6.45) is -61.8. The highest BCUT2D eigenvalue weighted by Crippen LogP contribution is 2.77. The van der Waals surface area contributed by atoms with E-state index in [-0.39, 0.29) is 90.5 Å². The molecule has 50 heteroatoms. The number of hydrazone groups is 1. The van der Waals surface area contributed by atoms with Crippen LogP contribution in [-0.2, 0) is 90.2 Å². The highest BCUT2D eigenvalue weighted by atomic mass is 16.8. The van der Waals surface area contributed by atoms with Crippen LogP contribution in [0.2, 0.25) is 0 Å². The molecule has 50 nitrogen and oxygen atoms in total. The van der Waals surface area contributed by atoms with Crippen molar-refractivity contribution in [3.05, 3.63) is 57.7 Å². The van der Waals surface area contributed by atoms with Gasteiger partial charge >= 0.3 is 23.9 Å². The predicted molar refractivity (Wildman–Crippen MR) is 457 cm³/mol. The van der Waals surface area contributed by atoms with E-state index in [1.165, 1.54) is 25.7 Å². The number of aliphatic hydroxyl groups is 26. The molecule has 11 aliphatic rings. The second-order valence-electron chi connectivity index (χ2n) is 39.4. The van der Waals surface area contributed by atoms with Crippen LogP contribution in [0.4, 0.5) is 4.79 Å². The van der Waals surface area contributed by atoms with Crippen LogP contribution in [0.3, 0.4) is 0 Å². The molecule has 0 aromatic heterocycles. The molecule has 0 aromatic carbocycles. The van der Waals surface area contributed by atoms with Crippen molar-refractivity contribution >= 4 is 30.2 Å². The van der Waals surface area contributed by atoms with Gasteiger partial charge in [-0.2, -0.15) is 5.10 Å². The second kappa shape index (κ2) is 44.8. The van der Waals surface area contributed by atoms with Crippen molar-refractivity contribution in [1.29, 1.82) is 0 Å². The number of urea groups is 1. The third kappa shape index (κ3) is 22.5. The van der Waals surface area contributed by atoms with Crippen LogP contribution >= 0.6 is 0 Å². The molecule has 4 saturated carbocycles. The Balaban J connectivity index is 0.947. The quantitative estimate of drug-likeness (QED) is 0.00546. The number of nitrogens with one attached hydrogen (secondary N) is 1. The van der Waals surface area contributed by atoms with E-state index in [1.54, 1.807) is 6.21 Å². The number of morpholine rings is 1. The molecular weight excluding hydrogens is 1850 g/mol. The van der Waals surface area contributed by atoms with E-state index in [4.69, 9.17) is 75.8 Å². The summed E-state index contributed by atoms with van der Waals surface area (Å²) >= 11 is 0. The normalized spacial score (nSPS) is 41.9. The number of fused-ring (bicyclic) bond motifs is 7. The summed E-state index contributed by atoms with van der Waals surface area (Å²) in [4.78, 5) is 57.5. The summed E-state index contributed by atoms with van der Waals surface area (Å²) in [7, 11) is 0. The minimum absolute atomic E-state index is 0.0102. The number of carboxylic acids is 1. The molecule has 0 spiro atoms. The van der Waals surface area contributed by atoms with Gasteiger partial charge in [0.1, 0.15) is 122 Å². The van der Waals surface area contributed by atoms with Gasteiger partial charge in [-0.05, 0) is 124 Å².